The average molecular weight is 224 g/mol. The fraction of sp³-hybridized carbons (Fsp3) is 0.636. The molecule has 0 bridgehead atoms. The number of rotatable bonds is 5. The van der Waals surface area contributed by atoms with Crippen LogP contribution in [0, 0.1) is 0 Å². The average Bonchev–Trinajstić information content (AvgIpc) is 2.30. The van der Waals surface area contributed by atoms with Crippen LogP contribution in [0.4, 0.5) is 5.69 Å². The third kappa shape index (κ3) is 3.06. The molecule has 5 nitrogen and oxygen atoms in total. The zero-order valence-corrected chi connectivity index (χ0v) is 10.2. The Morgan fingerprint density at radius 3 is 2.75 bits per heavy atom. The normalized spacial score (nSPS) is 12.5. The molecule has 16 heavy (non-hydrogen) atoms. The molecular formula is C11H20N4O. The summed E-state index contributed by atoms with van der Waals surface area (Å²) in [5, 5.41) is 4.12. The zero-order valence-electron chi connectivity index (χ0n) is 10.2. The summed E-state index contributed by atoms with van der Waals surface area (Å²) in [6.07, 6.45) is 2.54. The Labute approximate surface area is 95.9 Å². The number of aromatic nitrogens is 2. The Morgan fingerprint density at radius 1 is 1.56 bits per heavy atom. The van der Waals surface area contributed by atoms with Crippen molar-refractivity contribution in [1.82, 2.24) is 9.78 Å². The van der Waals surface area contributed by atoms with Gasteiger partial charge >= 0.3 is 0 Å². The summed E-state index contributed by atoms with van der Waals surface area (Å²) in [4.78, 5) is 13.7. The summed E-state index contributed by atoms with van der Waals surface area (Å²) in [7, 11) is 1.93. The van der Waals surface area contributed by atoms with Crippen molar-refractivity contribution in [3.63, 3.8) is 0 Å². The number of anilines is 1. The number of nitrogens with two attached hydrogens (primary N) is 1. The van der Waals surface area contributed by atoms with Gasteiger partial charge in [0.2, 0.25) is 0 Å². The Morgan fingerprint density at radius 2 is 2.25 bits per heavy atom. The molecule has 0 aliphatic heterocycles. The summed E-state index contributed by atoms with van der Waals surface area (Å²) < 4.78 is 1.42. The molecule has 1 aromatic heterocycles. The van der Waals surface area contributed by atoms with E-state index in [1.165, 1.54) is 4.68 Å². The first-order valence-corrected chi connectivity index (χ1v) is 5.62. The van der Waals surface area contributed by atoms with Crippen LogP contribution in [-0.4, -0.2) is 29.4 Å². The van der Waals surface area contributed by atoms with E-state index in [1.807, 2.05) is 25.8 Å². The minimum atomic E-state index is -0.0956. The standard InChI is InChI=1S/C11H20N4O/c1-4-9(12)8-15-11(16)6-10(7-13-15)14(3)5-2/h6-7,9H,4-5,8,12H2,1-3H3. The Balaban J connectivity index is 2.87. The van der Waals surface area contributed by atoms with Crippen molar-refractivity contribution in [3.05, 3.63) is 22.6 Å². The maximum absolute atomic E-state index is 11.7. The molecule has 1 heterocycles. The fourth-order valence-corrected chi connectivity index (χ4v) is 1.30. The monoisotopic (exact) mass is 224 g/mol. The van der Waals surface area contributed by atoms with Gasteiger partial charge in [-0.05, 0) is 13.3 Å². The van der Waals surface area contributed by atoms with Crippen LogP contribution in [-0.2, 0) is 6.54 Å². The van der Waals surface area contributed by atoms with E-state index in [4.69, 9.17) is 5.73 Å². The highest BCUT2D eigenvalue weighted by atomic mass is 16.1. The lowest BCUT2D eigenvalue weighted by molar-refractivity contribution is 0.481. The van der Waals surface area contributed by atoms with Crippen LogP contribution in [0.2, 0.25) is 0 Å². The molecule has 0 aliphatic carbocycles. The Kier molecular flexibility index (Phi) is 4.49. The molecule has 1 aromatic rings. The van der Waals surface area contributed by atoms with Gasteiger partial charge in [0, 0.05) is 25.7 Å². The maximum Gasteiger partial charge on any atom is 0.268 e. The molecule has 0 saturated heterocycles. The third-order valence-corrected chi connectivity index (χ3v) is 2.70. The zero-order chi connectivity index (χ0) is 12.1. The van der Waals surface area contributed by atoms with Gasteiger partial charge < -0.3 is 10.6 Å². The van der Waals surface area contributed by atoms with Gasteiger partial charge in [-0.2, -0.15) is 5.10 Å². The maximum atomic E-state index is 11.7. The van der Waals surface area contributed by atoms with Crippen molar-refractivity contribution in [3.8, 4) is 0 Å². The third-order valence-electron chi connectivity index (χ3n) is 2.70. The van der Waals surface area contributed by atoms with Gasteiger partial charge in [0.25, 0.3) is 5.56 Å². The van der Waals surface area contributed by atoms with E-state index in [0.29, 0.717) is 6.54 Å². The van der Waals surface area contributed by atoms with Crippen molar-refractivity contribution in [1.29, 1.82) is 0 Å². The largest absolute Gasteiger partial charge is 0.373 e. The molecule has 0 aromatic carbocycles. The van der Waals surface area contributed by atoms with Crippen LogP contribution in [0.25, 0.3) is 0 Å². The summed E-state index contributed by atoms with van der Waals surface area (Å²) in [5.41, 5.74) is 6.53. The van der Waals surface area contributed by atoms with Crippen LogP contribution in [0.1, 0.15) is 20.3 Å². The molecular weight excluding hydrogens is 204 g/mol. The summed E-state index contributed by atoms with van der Waals surface area (Å²) >= 11 is 0. The summed E-state index contributed by atoms with van der Waals surface area (Å²) in [6, 6.07) is 1.58. The van der Waals surface area contributed by atoms with E-state index in [-0.39, 0.29) is 11.6 Å². The highest BCUT2D eigenvalue weighted by Crippen LogP contribution is 2.05. The van der Waals surface area contributed by atoms with Crippen molar-refractivity contribution in [2.24, 2.45) is 5.73 Å². The Hall–Kier alpha value is -1.36. The predicted octanol–water partition coefficient (Wildman–Crippen LogP) is 0.437. The summed E-state index contributed by atoms with van der Waals surface area (Å²) in [6.45, 7) is 5.35. The van der Waals surface area contributed by atoms with E-state index in [2.05, 4.69) is 5.10 Å². The molecule has 1 rings (SSSR count). The van der Waals surface area contributed by atoms with E-state index in [9.17, 15) is 4.79 Å². The predicted molar refractivity (Wildman–Crippen MR) is 65.7 cm³/mol. The second kappa shape index (κ2) is 5.65. The molecule has 0 radical (unpaired) electrons. The molecule has 90 valence electrons. The topological polar surface area (TPSA) is 64.2 Å². The van der Waals surface area contributed by atoms with E-state index < -0.39 is 0 Å². The van der Waals surface area contributed by atoms with Gasteiger partial charge in [0.05, 0.1) is 18.4 Å². The van der Waals surface area contributed by atoms with Gasteiger partial charge in [0.15, 0.2) is 0 Å². The molecule has 0 aliphatic rings. The van der Waals surface area contributed by atoms with Crippen molar-refractivity contribution >= 4 is 5.69 Å². The molecule has 1 unspecified atom stereocenters. The fourth-order valence-electron chi connectivity index (χ4n) is 1.30. The van der Waals surface area contributed by atoms with Crippen molar-refractivity contribution in [2.75, 3.05) is 18.5 Å². The minimum Gasteiger partial charge on any atom is -0.373 e. The first kappa shape index (κ1) is 12.7. The van der Waals surface area contributed by atoms with Gasteiger partial charge in [-0.3, -0.25) is 4.79 Å². The van der Waals surface area contributed by atoms with E-state index in [0.717, 1.165) is 18.7 Å². The van der Waals surface area contributed by atoms with Gasteiger partial charge in [-0.25, -0.2) is 4.68 Å². The molecule has 0 amide bonds. The lowest BCUT2D eigenvalue weighted by Crippen LogP contribution is -2.33. The minimum absolute atomic E-state index is 0.0139. The van der Waals surface area contributed by atoms with Crippen LogP contribution in [0.5, 0.6) is 0 Å². The Bertz CT molecular complexity index is 388. The van der Waals surface area contributed by atoms with Crippen LogP contribution in [0.3, 0.4) is 0 Å². The number of hydrogen-bond donors (Lipinski definition) is 1. The van der Waals surface area contributed by atoms with Gasteiger partial charge in [-0.1, -0.05) is 6.92 Å². The highest BCUT2D eigenvalue weighted by molar-refractivity contribution is 5.41. The van der Waals surface area contributed by atoms with Crippen molar-refractivity contribution in [2.45, 2.75) is 32.9 Å². The van der Waals surface area contributed by atoms with Crippen LogP contribution >= 0.6 is 0 Å². The van der Waals surface area contributed by atoms with Gasteiger partial charge in [-0.15, -0.1) is 0 Å². The smallest absolute Gasteiger partial charge is 0.268 e. The molecule has 0 saturated carbocycles. The lowest BCUT2D eigenvalue weighted by Gasteiger charge is -2.17. The quantitative estimate of drug-likeness (QED) is 0.788. The second-order valence-corrected chi connectivity index (χ2v) is 3.92. The SMILES string of the molecule is CCC(N)Cn1ncc(N(C)CC)cc1=O. The highest BCUT2D eigenvalue weighted by Gasteiger charge is 2.06. The molecule has 2 N–H and O–H groups in total. The van der Waals surface area contributed by atoms with E-state index in [1.54, 1.807) is 12.3 Å². The first-order chi connectivity index (χ1) is 7.58. The first-order valence-electron chi connectivity index (χ1n) is 5.62. The number of hydrogen-bond acceptors (Lipinski definition) is 4. The summed E-state index contributed by atoms with van der Waals surface area (Å²) in [5.74, 6) is 0. The van der Waals surface area contributed by atoms with E-state index >= 15 is 0 Å². The molecule has 5 heteroatoms. The molecule has 1 atom stereocenters. The van der Waals surface area contributed by atoms with Gasteiger partial charge in [0.1, 0.15) is 0 Å². The second-order valence-electron chi connectivity index (χ2n) is 3.92. The van der Waals surface area contributed by atoms with Crippen LogP contribution in [0.15, 0.2) is 17.1 Å². The lowest BCUT2D eigenvalue weighted by atomic mass is 10.2. The number of nitrogens with zero attached hydrogens (tertiary/aromatic N) is 3. The van der Waals surface area contributed by atoms with Crippen LogP contribution < -0.4 is 16.2 Å². The molecule has 0 fully saturated rings. The molecule has 0 spiro atoms. The van der Waals surface area contributed by atoms with Crippen molar-refractivity contribution < 1.29 is 0 Å².